The maximum atomic E-state index is 2.65. The highest BCUT2D eigenvalue weighted by Crippen LogP contribution is 2.21. The second kappa shape index (κ2) is 9.84. The van der Waals surface area contributed by atoms with Crippen LogP contribution in [0.1, 0.15) is 77.6 Å². The van der Waals surface area contributed by atoms with Gasteiger partial charge in [-0.25, -0.2) is 0 Å². The van der Waals surface area contributed by atoms with Gasteiger partial charge in [0.2, 0.25) is 0 Å². The lowest BCUT2D eigenvalue weighted by Gasteiger charge is -2.50. The minimum Gasteiger partial charge on any atom is -0.320 e. The van der Waals surface area contributed by atoms with Crippen LogP contribution >= 0.6 is 0 Å². The topological polar surface area (TPSA) is 3.24 Å². The van der Waals surface area contributed by atoms with E-state index in [0.717, 1.165) is 0 Å². The largest absolute Gasteiger partial charge is 0.320 e. The molecular formula is C19H39N2+. The lowest BCUT2D eigenvalue weighted by Crippen LogP contribution is -2.67. The number of hydrogen-bond acceptors (Lipinski definition) is 1. The van der Waals surface area contributed by atoms with Crippen LogP contribution in [-0.4, -0.2) is 55.2 Å². The Labute approximate surface area is 133 Å². The van der Waals surface area contributed by atoms with Gasteiger partial charge in [0.25, 0.3) is 0 Å². The molecule has 3 rings (SSSR count). The first kappa shape index (κ1) is 17.3. The SMILES string of the molecule is CCCCCCCCCCCCC[N+]12CCN(CC1)CC2. The average Bonchev–Trinajstić information content (AvgIpc) is 2.54. The molecule has 2 nitrogen and oxygen atoms in total. The van der Waals surface area contributed by atoms with Crippen molar-refractivity contribution in [3.8, 4) is 0 Å². The molecule has 0 aromatic rings. The molecule has 21 heavy (non-hydrogen) atoms. The highest BCUT2D eigenvalue weighted by molar-refractivity contribution is 4.70. The quantitative estimate of drug-likeness (QED) is 0.380. The van der Waals surface area contributed by atoms with Crippen LogP contribution in [0.2, 0.25) is 0 Å². The van der Waals surface area contributed by atoms with E-state index in [1.54, 1.807) is 0 Å². The van der Waals surface area contributed by atoms with Crippen LogP contribution in [0.3, 0.4) is 0 Å². The van der Waals surface area contributed by atoms with E-state index in [2.05, 4.69) is 11.8 Å². The Hall–Kier alpha value is -0.0800. The Kier molecular flexibility index (Phi) is 8.10. The highest BCUT2D eigenvalue weighted by Gasteiger charge is 2.37. The Balaban J connectivity index is 1.37. The standard InChI is InChI=1S/C19H39N2/c1-2-3-4-5-6-7-8-9-10-11-12-16-21-17-13-20(14-18-21)15-19-21/h2-19H2,1H3/q+1. The van der Waals surface area contributed by atoms with Crippen molar-refractivity contribution in [1.29, 1.82) is 0 Å². The van der Waals surface area contributed by atoms with Gasteiger partial charge in [0.05, 0.1) is 26.2 Å². The van der Waals surface area contributed by atoms with Gasteiger partial charge in [-0.05, 0) is 12.8 Å². The maximum absolute atomic E-state index is 2.65. The average molecular weight is 296 g/mol. The van der Waals surface area contributed by atoms with Gasteiger partial charge in [0, 0.05) is 19.6 Å². The first-order valence-electron chi connectivity index (χ1n) is 9.92. The summed E-state index contributed by atoms with van der Waals surface area (Å²) in [5.41, 5.74) is 0. The summed E-state index contributed by atoms with van der Waals surface area (Å²) >= 11 is 0. The minimum absolute atomic E-state index is 1.37. The molecule has 3 fully saturated rings. The minimum atomic E-state index is 1.37. The molecule has 0 aliphatic carbocycles. The number of quaternary nitrogens is 1. The zero-order valence-electron chi connectivity index (χ0n) is 14.6. The molecule has 0 radical (unpaired) electrons. The Morgan fingerprint density at radius 3 is 1.52 bits per heavy atom. The number of rotatable bonds is 12. The van der Waals surface area contributed by atoms with Crippen molar-refractivity contribution in [1.82, 2.24) is 4.90 Å². The molecule has 0 aromatic heterocycles. The first-order chi connectivity index (χ1) is 10.3. The second-order valence-electron chi connectivity index (χ2n) is 7.61. The van der Waals surface area contributed by atoms with Crippen molar-refractivity contribution in [2.45, 2.75) is 77.6 Å². The summed E-state index contributed by atoms with van der Waals surface area (Å²) in [6.07, 6.45) is 16.2. The molecule has 124 valence electrons. The Morgan fingerprint density at radius 1 is 0.619 bits per heavy atom. The fraction of sp³-hybridized carbons (Fsp3) is 1.00. The van der Waals surface area contributed by atoms with Gasteiger partial charge in [0.1, 0.15) is 0 Å². The molecule has 2 bridgehead atoms. The molecule has 0 aromatic carbocycles. The molecule has 0 N–H and O–H groups in total. The molecule has 0 atom stereocenters. The normalized spacial score (nSPS) is 28.1. The molecule has 3 aliphatic rings. The van der Waals surface area contributed by atoms with E-state index in [1.165, 1.54) is 121 Å². The van der Waals surface area contributed by atoms with Crippen LogP contribution in [0.4, 0.5) is 0 Å². The van der Waals surface area contributed by atoms with Crippen LogP contribution in [-0.2, 0) is 0 Å². The van der Waals surface area contributed by atoms with Gasteiger partial charge in [-0.3, -0.25) is 4.90 Å². The number of piperazine rings is 3. The Bertz CT molecular complexity index is 243. The van der Waals surface area contributed by atoms with Crippen molar-refractivity contribution in [2.75, 3.05) is 45.8 Å². The van der Waals surface area contributed by atoms with E-state index in [1.807, 2.05) is 0 Å². The molecular weight excluding hydrogens is 256 g/mol. The van der Waals surface area contributed by atoms with E-state index in [4.69, 9.17) is 0 Å². The summed E-state index contributed by atoms with van der Waals surface area (Å²) in [7, 11) is 0. The van der Waals surface area contributed by atoms with Gasteiger partial charge in [-0.1, -0.05) is 64.7 Å². The van der Waals surface area contributed by atoms with Gasteiger partial charge < -0.3 is 4.48 Å². The lowest BCUT2D eigenvalue weighted by atomic mass is 10.0. The van der Waals surface area contributed by atoms with Gasteiger partial charge >= 0.3 is 0 Å². The third-order valence-corrected chi connectivity index (χ3v) is 5.91. The number of fused-ring (bicyclic) bond motifs is 3. The summed E-state index contributed by atoms with van der Waals surface area (Å²) in [6, 6.07) is 0. The van der Waals surface area contributed by atoms with Crippen molar-refractivity contribution < 1.29 is 4.48 Å². The van der Waals surface area contributed by atoms with Crippen molar-refractivity contribution in [3.05, 3.63) is 0 Å². The zero-order chi connectivity index (χ0) is 14.8. The third-order valence-electron chi connectivity index (χ3n) is 5.91. The van der Waals surface area contributed by atoms with Crippen LogP contribution in [0, 0.1) is 0 Å². The molecule has 3 saturated heterocycles. The van der Waals surface area contributed by atoms with Gasteiger partial charge in [-0.2, -0.15) is 0 Å². The summed E-state index contributed by atoms with van der Waals surface area (Å²) in [5.74, 6) is 0. The molecule has 0 unspecified atom stereocenters. The Morgan fingerprint density at radius 2 is 1.05 bits per heavy atom. The van der Waals surface area contributed by atoms with Gasteiger partial charge in [0.15, 0.2) is 0 Å². The van der Waals surface area contributed by atoms with Crippen LogP contribution < -0.4 is 0 Å². The lowest BCUT2D eigenvalue weighted by molar-refractivity contribution is -0.941. The fourth-order valence-corrected chi connectivity index (χ4v) is 4.18. The van der Waals surface area contributed by atoms with E-state index in [0.29, 0.717) is 0 Å². The molecule has 3 heterocycles. The smallest absolute Gasteiger partial charge is 0.0916 e. The number of nitrogens with zero attached hydrogens (tertiary/aromatic N) is 2. The monoisotopic (exact) mass is 295 g/mol. The van der Waals surface area contributed by atoms with E-state index in [9.17, 15) is 0 Å². The predicted molar refractivity (Wildman–Crippen MR) is 92.6 cm³/mol. The fourth-order valence-electron chi connectivity index (χ4n) is 4.18. The molecule has 0 saturated carbocycles. The number of hydrogen-bond donors (Lipinski definition) is 0. The predicted octanol–water partition coefficient (Wildman–Crippen LogP) is 4.44. The van der Waals surface area contributed by atoms with Crippen molar-refractivity contribution >= 4 is 0 Å². The number of unbranched alkanes of at least 4 members (excludes halogenated alkanes) is 10. The maximum Gasteiger partial charge on any atom is 0.0916 e. The summed E-state index contributed by atoms with van der Waals surface area (Å²) in [6.45, 7) is 12.2. The van der Waals surface area contributed by atoms with Gasteiger partial charge in [-0.15, -0.1) is 0 Å². The first-order valence-corrected chi connectivity index (χ1v) is 9.92. The third kappa shape index (κ3) is 6.28. The highest BCUT2D eigenvalue weighted by atomic mass is 15.4. The molecule has 0 amide bonds. The van der Waals surface area contributed by atoms with Crippen molar-refractivity contribution in [2.24, 2.45) is 0 Å². The summed E-state index contributed by atoms with van der Waals surface area (Å²) in [4.78, 5) is 2.65. The van der Waals surface area contributed by atoms with E-state index >= 15 is 0 Å². The van der Waals surface area contributed by atoms with Crippen LogP contribution in [0.15, 0.2) is 0 Å². The van der Waals surface area contributed by atoms with E-state index in [-0.39, 0.29) is 0 Å². The van der Waals surface area contributed by atoms with Crippen molar-refractivity contribution in [3.63, 3.8) is 0 Å². The van der Waals surface area contributed by atoms with Crippen LogP contribution in [0.25, 0.3) is 0 Å². The molecule has 2 heteroatoms. The zero-order valence-corrected chi connectivity index (χ0v) is 14.6. The molecule has 3 aliphatic heterocycles. The van der Waals surface area contributed by atoms with Crippen LogP contribution in [0.5, 0.6) is 0 Å². The summed E-state index contributed by atoms with van der Waals surface area (Å²) < 4.78 is 1.47. The molecule has 0 spiro atoms. The van der Waals surface area contributed by atoms with E-state index < -0.39 is 0 Å². The second-order valence-corrected chi connectivity index (χ2v) is 7.61. The summed E-state index contributed by atoms with van der Waals surface area (Å²) in [5, 5.41) is 0.